The van der Waals surface area contributed by atoms with E-state index in [0.717, 1.165) is 29.8 Å². The van der Waals surface area contributed by atoms with Gasteiger partial charge in [0.2, 0.25) is 0 Å². The summed E-state index contributed by atoms with van der Waals surface area (Å²) in [7, 11) is 0. The van der Waals surface area contributed by atoms with E-state index in [1.807, 2.05) is 11.8 Å². The number of carbonyl (C=O) groups is 1. The number of thiazole rings is 1. The largest absolute Gasteiger partial charge is 0.293 e. The Morgan fingerprint density at radius 1 is 1.19 bits per heavy atom. The van der Waals surface area contributed by atoms with Crippen LogP contribution < -0.4 is 0 Å². The molecule has 1 aliphatic carbocycles. The predicted octanol–water partition coefficient (Wildman–Crippen LogP) is 3.62. The number of Topliss-reactive ketones (excluding diaryl/α,β-unsaturated/α-hetero) is 1. The molecule has 1 aliphatic heterocycles. The first kappa shape index (κ1) is 10.8. The lowest BCUT2D eigenvalue weighted by Gasteiger charge is -2.18. The van der Waals surface area contributed by atoms with Gasteiger partial charge in [-0.1, -0.05) is 6.42 Å². The molecule has 1 unspecified atom stereocenters. The van der Waals surface area contributed by atoms with Crippen LogP contribution in [0, 0.1) is 0 Å². The van der Waals surface area contributed by atoms with Gasteiger partial charge < -0.3 is 0 Å². The van der Waals surface area contributed by atoms with Gasteiger partial charge in [0.05, 0.1) is 15.8 Å². The second-order valence-electron chi connectivity index (χ2n) is 4.46. The lowest BCUT2D eigenvalue weighted by molar-refractivity contribution is 0.0976. The van der Waals surface area contributed by atoms with Crippen LogP contribution in [-0.2, 0) is 6.42 Å². The monoisotopic (exact) mass is 253 g/mol. The highest BCUT2D eigenvalue weighted by Gasteiger charge is 2.26. The van der Waals surface area contributed by atoms with Crippen LogP contribution in [0.25, 0.3) is 0 Å². The highest BCUT2D eigenvalue weighted by molar-refractivity contribution is 7.99. The van der Waals surface area contributed by atoms with Crippen LogP contribution in [0.1, 0.15) is 57.7 Å². The summed E-state index contributed by atoms with van der Waals surface area (Å²) in [6.45, 7) is 0. The van der Waals surface area contributed by atoms with Gasteiger partial charge in [-0.15, -0.1) is 11.3 Å². The Morgan fingerprint density at radius 2 is 2.12 bits per heavy atom. The van der Waals surface area contributed by atoms with E-state index in [1.54, 1.807) is 11.3 Å². The lowest BCUT2D eigenvalue weighted by atomic mass is 10.0. The van der Waals surface area contributed by atoms with Gasteiger partial charge in [-0.05, 0) is 31.4 Å². The molecule has 4 heteroatoms. The van der Waals surface area contributed by atoms with Crippen molar-refractivity contribution in [1.82, 2.24) is 4.98 Å². The minimum atomic E-state index is 0.325. The number of thioether (sulfide) groups is 1. The van der Waals surface area contributed by atoms with Crippen molar-refractivity contribution in [2.45, 2.75) is 43.8 Å². The van der Waals surface area contributed by atoms with E-state index >= 15 is 0 Å². The van der Waals surface area contributed by atoms with Gasteiger partial charge in [0.15, 0.2) is 5.78 Å². The Balaban J connectivity index is 1.88. The van der Waals surface area contributed by atoms with Gasteiger partial charge in [0.1, 0.15) is 5.01 Å². The second-order valence-corrected chi connectivity index (χ2v) is 6.80. The molecule has 2 aliphatic rings. The number of carbonyl (C=O) groups excluding carboxylic acids is 1. The first-order valence-corrected chi connectivity index (χ1v) is 7.85. The minimum Gasteiger partial charge on any atom is -0.293 e. The van der Waals surface area contributed by atoms with Crippen molar-refractivity contribution >= 4 is 28.9 Å². The molecule has 86 valence electrons. The van der Waals surface area contributed by atoms with E-state index < -0.39 is 0 Å². The van der Waals surface area contributed by atoms with Crippen molar-refractivity contribution in [1.29, 1.82) is 0 Å². The minimum absolute atomic E-state index is 0.325. The van der Waals surface area contributed by atoms with Crippen LogP contribution in [0.5, 0.6) is 0 Å². The number of aryl methyl sites for hydroxylation is 1. The molecule has 2 nitrogen and oxygen atoms in total. The van der Waals surface area contributed by atoms with Crippen LogP contribution in [0.2, 0.25) is 0 Å². The second kappa shape index (κ2) is 4.49. The van der Waals surface area contributed by atoms with Crippen LogP contribution in [-0.4, -0.2) is 16.5 Å². The van der Waals surface area contributed by atoms with E-state index in [0.29, 0.717) is 11.0 Å². The fourth-order valence-corrected chi connectivity index (χ4v) is 4.99. The molecule has 1 aromatic rings. The smallest absolute Gasteiger partial charge is 0.174 e. The molecule has 0 N–H and O–H groups in total. The molecule has 1 atom stereocenters. The van der Waals surface area contributed by atoms with Crippen LogP contribution >= 0.6 is 23.1 Å². The quantitative estimate of drug-likeness (QED) is 0.765. The number of nitrogens with zero attached hydrogens (tertiary/aromatic N) is 1. The van der Waals surface area contributed by atoms with Crippen LogP contribution in [0.15, 0.2) is 0 Å². The van der Waals surface area contributed by atoms with E-state index in [1.165, 1.54) is 30.0 Å². The zero-order valence-electron chi connectivity index (χ0n) is 9.20. The third kappa shape index (κ3) is 1.93. The predicted molar refractivity (Wildman–Crippen MR) is 68.4 cm³/mol. The molecular formula is C12H15NOS2. The summed E-state index contributed by atoms with van der Waals surface area (Å²) in [5.74, 6) is 1.58. The molecule has 0 aromatic carbocycles. The summed E-state index contributed by atoms with van der Waals surface area (Å²) in [5.41, 5.74) is 1.09. The highest BCUT2D eigenvalue weighted by atomic mass is 32.2. The summed E-state index contributed by atoms with van der Waals surface area (Å²) in [5, 5.41) is 1.78. The standard InChI is InChI=1S/C12H15NOS2/c14-9-5-3-4-8-11(9)16-12(13-8)10-6-1-2-7-15-10/h10H,1-7H2. The zero-order valence-corrected chi connectivity index (χ0v) is 10.8. The Hall–Kier alpha value is -0.350. The molecule has 1 saturated heterocycles. The number of aromatic nitrogens is 1. The van der Waals surface area contributed by atoms with Gasteiger partial charge >= 0.3 is 0 Å². The number of hydrogen-bond donors (Lipinski definition) is 0. The summed E-state index contributed by atoms with van der Waals surface area (Å²) in [4.78, 5) is 17.4. The summed E-state index contributed by atoms with van der Waals surface area (Å²) < 4.78 is 0. The summed E-state index contributed by atoms with van der Waals surface area (Å²) >= 11 is 3.69. The van der Waals surface area contributed by atoms with Crippen molar-refractivity contribution < 1.29 is 4.79 Å². The van der Waals surface area contributed by atoms with Crippen LogP contribution in [0.4, 0.5) is 0 Å². The van der Waals surface area contributed by atoms with Gasteiger partial charge in [-0.2, -0.15) is 11.8 Å². The van der Waals surface area contributed by atoms with Crippen molar-refractivity contribution in [2.75, 3.05) is 5.75 Å². The van der Waals surface area contributed by atoms with Crippen molar-refractivity contribution in [3.8, 4) is 0 Å². The highest BCUT2D eigenvalue weighted by Crippen LogP contribution is 2.41. The maximum Gasteiger partial charge on any atom is 0.174 e. The van der Waals surface area contributed by atoms with E-state index in [-0.39, 0.29) is 0 Å². The molecule has 1 fully saturated rings. The van der Waals surface area contributed by atoms with Gasteiger partial charge in [0.25, 0.3) is 0 Å². The molecule has 2 heterocycles. The van der Waals surface area contributed by atoms with E-state index in [4.69, 9.17) is 4.98 Å². The third-order valence-electron chi connectivity index (χ3n) is 3.24. The van der Waals surface area contributed by atoms with E-state index in [9.17, 15) is 4.79 Å². The maximum absolute atomic E-state index is 11.7. The Bertz CT molecular complexity index is 407. The van der Waals surface area contributed by atoms with Gasteiger partial charge in [0, 0.05) is 6.42 Å². The number of fused-ring (bicyclic) bond motifs is 1. The number of hydrogen-bond acceptors (Lipinski definition) is 4. The SMILES string of the molecule is O=C1CCCc2nc(C3CCCCS3)sc21. The fourth-order valence-electron chi connectivity index (χ4n) is 2.36. The first-order chi connectivity index (χ1) is 7.84. The van der Waals surface area contributed by atoms with Crippen molar-refractivity contribution in [2.24, 2.45) is 0 Å². The van der Waals surface area contributed by atoms with Gasteiger partial charge in [-0.3, -0.25) is 4.79 Å². The number of ketones is 1. The summed E-state index contributed by atoms with van der Waals surface area (Å²) in [6.07, 6.45) is 6.63. The average molecular weight is 253 g/mol. The molecule has 1 aromatic heterocycles. The van der Waals surface area contributed by atoms with Crippen molar-refractivity contribution in [3.63, 3.8) is 0 Å². The Kier molecular flexibility index (Phi) is 3.03. The molecule has 3 rings (SSSR count). The zero-order chi connectivity index (χ0) is 11.0. The molecule has 0 amide bonds. The number of rotatable bonds is 1. The van der Waals surface area contributed by atoms with Crippen molar-refractivity contribution in [3.05, 3.63) is 15.6 Å². The summed E-state index contributed by atoms with van der Waals surface area (Å²) in [6, 6.07) is 0. The third-order valence-corrected chi connectivity index (χ3v) is 6.03. The fraction of sp³-hybridized carbons (Fsp3) is 0.667. The normalized spacial score (nSPS) is 25.5. The topological polar surface area (TPSA) is 30.0 Å². The Labute approximate surface area is 104 Å². The molecular weight excluding hydrogens is 238 g/mol. The average Bonchev–Trinajstić information content (AvgIpc) is 2.76. The van der Waals surface area contributed by atoms with Crippen LogP contribution in [0.3, 0.4) is 0 Å². The van der Waals surface area contributed by atoms with E-state index in [2.05, 4.69) is 0 Å². The lowest BCUT2D eigenvalue weighted by Crippen LogP contribution is -2.07. The molecule has 0 spiro atoms. The maximum atomic E-state index is 11.7. The van der Waals surface area contributed by atoms with Gasteiger partial charge in [-0.25, -0.2) is 4.98 Å². The molecule has 16 heavy (non-hydrogen) atoms. The molecule has 0 radical (unpaired) electrons. The first-order valence-electron chi connectivity index (χ1n) is 5.99. The molecule has 0 bridgehead atoms. The Morgan fingerprint density at radius 3 is 2.88 bits per heavy atom. The molecule has 0 saturated carbocycles.